The Kier molecular flexibility index (Phi) is 5.38. The lowest BCUT2D eigenvalue weighted by molar-refractivity contribution is 0.0943. The van der Waals surface area contributed by atoms with Crippen LogP contribution in [0.25, 0.3) is 0 Å². The van der Waals surface area contributed by atoms with Gasteiger partial charge in [-0.2, -0.15) is 0 Å². The highest BCUT2D eigenvalue weighted by Crippen LogP contribution is 2.15. The van der Waals surface area contributed by atoms with Crippen molar-refractivity contribution in [3.05, 3.63) is 34.9 Å². The van der Waals surface area contributed by atoms with Crippen LogP contribution >= 0.6 is 0 Å². The highest BCUT2D eigenvalue weighted by atomic mass is 16.2. The number of amides is 1. The summed E-state index contributed by atoms with van der Waals surface area (Å²) >= 11 is 0. The van der Waals surface area contributed by atoms with Crippen LogP contribution in [0.2, 0.25) is 0 Å². The van der Waals surface area contributed by atoms with E-state index in [0.717, 1.165) is 18.5 Å². The number of aryl methyl sites for hydroxylation is 1. The van der Waals surface area contributed by atoms with E-state index in [0.29, 0.717) is 23.7 Å². The molecule has 2 rings (SSSR count). The standard InChI is InChI=1S/C17H22N2O2/c1-13-7-8-16(14(11-13)5-4-10-20)17(21)18-12-15-6-3-9-19(15)2/h7-8,11,15,20H,3,6,9-10,12H2,1-2H3,(H,18,21). The number of hydrogen-bond donors (Lipinski definition) is 2. The monoisotopic (exact) mass is 286 g/mol. The Balaban J connectivity index is 2.07. The van der Waals surface area contributed by atoms with Crippen LogP contribution in [-0.2, 0) is 0 Å². The van der Waals surface area contributed by atoms with E-state index in [-0.39, 0.29) is 12.5 Å². The summed E-state index contributed by atoms with van der Waals surface area (Å²) in [5.41, 5.74) is 2.29. The van der Waals surface area contributed by atoms with E-state index in [2.05, 4.69) is 29.1 Å². The van der Waals surface area contributed by atoms with Gasteiger partial charge in [0.15, 0.2) is 0 Å². The third-order valence-corrected chi connectivity index (χ3v) is 3.89. The highest BCUT2D eigenvalue weighted by molar-refractivity contribution is 5.96. The molecule has 1 fully saturated rings. The van der Waals surface area contributed by atoms with Gasteiger partial charge >= 0.3 is 0 Å². The van der Waals surface area contributed by atoms with E-state index < -0.39 is 0 Å². The molecular formula is C17H22N2O2. The van der Waals surface area contributed by atoms with E-state index in [1.807, 2.05) is 19.1 Å². The van der Waals surface area contributed by atoms with Gasteiger partial charge in [-0.05, 0) is 51.1 Å². The summed E-state index contributed by atoms with van der Waals surface area (Å²) in [4.78, 5) is 14.6. The van der Waals surface area contributed by atoms with E-state index in [1.165, 1.54) is 6.42 Å². The van der Waals surface area contributed by atoms with Crippen LogP contribution in [0.3, 0.4) is 0 Å². The number of nitrogens with zero attached hydrogens (tertiary/aromatic N) is 1. The lowest BCUT2D eigenvalue weighted by Crippen LogP contribution is -2.38. The fourth-order valence-electron chi connectivity index (χ4n) is 2.64. The predicted molar refractivity (Wildman–Crippen MR) is 83.1 cm³/mol. The van der Waals surface area contributed by atoms with Crippen LogP contribution in [0, 0.1) is 18.8 Å². The maximum atomic E-state index is 12.3. The Labute approximate surface area is 126 Å². The van der Waals surface area contributed by atoms with Crippen molar-refractivity contribution < 1.29 is 9.90 Å². The molecule has 1 aliphatic rings. The van der Waals surface area contributed by atoms with Crippen LogP contribution in [0.15, 0.2) is 18.2 Å². The summed E-state index contributed by atoms with van der Waals surface area (Å²) in [6, 6.07) is 6.00. The predicted octanol–water partition coefficient (Wildman–Crippen LogP) is 1.16. The Morgan fingerprint density at radius 1 is 1.52 bits per heavy atom. The van der Waals surface area contributed by atoms with Crippen LogP contribution in [0.5, 0.6) is 0 Å². The largest absolute Gasteiger partial charge is 0.384 e. The number of rotatable bonds is 3. The fraction of sp³-hybridized carbons (Fsp3) is 0.471. The molecule has 0 aliphatic carbocycles. The average Bonchev–Trinajstić information content (AvgIpc) is 2.88. The van der Waals surface area contributed by atoms with Gasteiger partial charge in [-0.15, -0.1) is 0 Å². The minimum atomic E-state index is -0.206. The molecule has 0 saturated carbocycles. The second-order valence-electron chi connectivity index (χ2n) is 5.50. The Bertz CT molecular complexity index is 572. The molecule has 4 nitrogen and oxygen atoms in total. The number of likely N-dealkylation sites (tertiary alicyclic amines) is 1. The number of aliphatic hydroxyl groups excluding tert-OH is 1. The topological polar surface area (TPSA) is 52.6 Å². The molecule has 0 aromatic heterocycles. The van der Waals surface area contributed by atoms with Gasteiger partial charge in [0.1, 0.15) is 6.61 Å². The maximum Gasteiger partial charge on any atom is 0.252 e. The third kappa shape index (κ3) is 4.07. The van der Waals surface area contributed by atoms with Gasteiger partial charge in [0.25, 0.3) is 5.91 Å². The van der Waals surface area contributed by atoms with Crippen molar-refractivity contribution in [2.45, 2.75) is 25.8 Å². The van der Waals surface area contributed by atoms with Crippen LogP contribution < -0.4 is 5.32 Å². The van der Waals surface area contributed by atoms with E-state index in [4.69, 9.17) is 5.11 Å². The average molecular weight is 286 g/mol. The SMILES string of the molecule is Cc1ccc(C(=O)NCC2CCCN2C)c(C#CCO)c1. The molecule has 0 radical (unpaired) electrons. The zero-order valence-electron chi connectivity index (χ0n) is 12.6. The summed E-state index contributed by atoms with van der Waals surface area (Å²) in [6.07, 6.45) is 2.32. The van der Waals surface area contributed by atoms with E-state index in [9.17, 15) is 4.79 Å². The van der Waals surface area contributed by atoms with Crippen molar-refractivity contribution >= 4 is 5.91 Å². The minimum absolute atomic E-state index is 0.0995. The first kappa shape index (κ1) is 15.6. The van der Waals surface area contributed by atoms with Crippen molar-refractivity contribution in [2.75, 3.05) is 26.7 Å². The maximum absolute atomic E-state index is 12.3. The number of aliphatic hydroxyl groups is 1. The van der Waals surface area contributed by atoms with Gasteiger partial charge < -0.3 is 15.3 Å². The van der Waals surface area contributed by atoms with Crippen molar-refractivity contribution in [3.63, 3.8) is 0 Å². The molecular weight excluding hydrogens is 264 g/mol. The van der Waals surface area contributed by atoms with Gasteiger partial charge in [-0.25, -0.2) is 0 Å². The van der Waals surface area contributed by atoms with Gasteiger partial charge in [-0.1, -0.05) is 17.9 Å². The molecule has 1 atom stereocenters. The number of likely N-dealkylation sites (N-methyl/N-ethyl adjacent to an activating group) is 1. The van der Waals surface area contributed by atoms with Gasteiger partial charge in [-0.3, -0.25) is 4.79 Å². The Hall–Kier alpha value is -1.83. The van der Waals surface area contributed by atoms with E-state index in [1.54, 1.807) is 6.07 Å². The fourth-order valence-corrected chi connectivity index (χ4v) is 2.64. The second kappa shape index (κ2) is 7.26. The summed E-state index contributed by atoms with van der Waals surface area (Å²) < 4.78 is 0. The quantitative estimate of drug-likeness (QED) is 0.820. The van der Waals surface area contributed by atoms with Crippen molar-refractivity contribution in [3.8, 4) is 11.8 Å². The molecule has 1 aliphatic heterocycles. The van der Waals surface area contributed by atoms with Crippen molar-refractivity contribution in [2.24, 2.45) is 0 Å². The number of carbonyl (C=O) groups excluding carboxylic acids is 1. The summed E-state index contributed by atoms with van der Waals surface area (Å²) in [5.74, 6) is 5.36. The summed E-state index contributed by atoms with van der Waals surface area (Å²) in [7, 11) is 2.09. The van der Waals surface area contributed by atoms with Crippen molar-refractivity contribution in [1.82, 2.24) is 10.2 Å². The molecule has 0 bridgehead atoms. The summed E-state index contributed by atoms with van der Waals surface area (Å²) in [5, 5.41) is 11.8. The molecule has 1 unspecified atom stereocenters. The molecule has 112 valence electrons. The molecule has 1 heterocycles. The third-order valence-electron chi connectivity index (χ3n) is 3.89. The highest BCUT2D eigenvalue weighted by Gasteiger charge is 2.21. The molecule has 1 amide bonds. The lowest BCUT2D eigenvalue weighted by atomic mass is 10.0. The van der Waals surface area contributed by atoms with Crippen molar-refractivity contribution in [1.29, 1.82) is 0 Å². The Morgan fingerprint density at radius 2 is 2.33 bits per heavy atom. The van der Waals surface area contributed by atoms with Crippen LogP contribution in [-0.4, -0.2) is 48.7 Å². The molecule has 21 heavy (non-hydrogen) atoms. The summed E-state index contributed by atoms with van der Waals surface area (Å²) in [6.45, 7) is 3.51. The molecule has 1 aromatic rings. The first-order chi connectivity index (χ1) is 10.1. The molecule has 4 heteroatoms. The van der Waals surface area contributed by atoms with Gasteiger partial charge in [0, 0.05) is 18.2 Å². The molecule has 2 N–H and O–H groups in total. The number of benzene rings is 1. The second-order valence-corrected chi connectivity index (χ2v) is 5.50. The number of hydrogen-bond acceptors (Lipinski definition) is 3. The lowest BCUT2D eigenvalue weighted by Gasteiger charge is -2.19. The number of nitrogens with one attached hydrogen (secondary N) is 1. The van der Waals surface area contributed by atoms with Gasteiger partial charge in [0.05, 0.1) is 5.56 Å². The zero-order chi connectivity index (χ0) is 15.2. The number of carbonyl (C=O) groups is 1. The first-order valence-electron chi connectivity index (χ1n) is 7.30. The first-order valence-corrected chi connectivity index (χ1v) is 7.30. The minimum Gasteiger partial charge on any atom is -0.384 e. The van der Waals surface area contributed by atoms with E-state index >= 15 is 0 Å². The smallest absolute Gasteiger partial charge is 0.252 e. The molecule has 1 aromatic carbocycles. The van der Waals surface area contributed by atoms with Crippen LogP contribution in [0.1, 0.15) is 34.3 Å². The molecule has 0 spiro atoms. The zero-order valence-corrected chi connectivity index (χ0v) is 12.6. The van der Waals surface area contributed by atoms with Crippen LogP contribution in [0.4, 0.5) is 0 Å². The molecule has 1 saturated heterocycles. The normalized spacial score (nSPS) is 18.1. The van der Waals surface area contributed by atoms with Gasteiger partial charge in [0.2, 0.25) is 0 Å². The Morgan fingerprint density at radius 3 is 3.00 bits per heavy atom.